The number of morpholine rings is 1. The summed E-state index contributed by atoms with van der Waals surface area (Å²) in [5, 5.41) is 15.1. The zero-order valence-corrected chi connectivity index (χ0v) is 21.5. The van der Waals surface area contributed by atoms with Gasteiger partial charge in [-0.1, -0.05) is 12.0 Å². The Morgan fingerprint density at radius 3 is 2.95 bits per heavy atom. The Bertz CT molecular complexity index is 1340. The van der Waals surface area contributed by atoms with Crippen molar-refractivity contribution in [2.75, 3.05) is 32.8 Å². The van der Waals surface area contributed by atoms with Gasteiger partial charge in [0.25, 0.3) is 0 Å². The summed E-state index contributed by atoms with van der Waals surface area (Å²) in [6, 6.07) is 3.25. The number of aromatic nitrogens is 1. The van der Waals surface area contributed by atoms with E-state index in [1.165, 1.54) is 23.5 Å². The van der Waals surface area contributed by atoms with Crippen molar-refractivity contribution in [2.24, 2.45) is 16.8 Å². The molecule has 2 aliphatic heterocycles. The SMILES string of the molecule is C#Cc1cc(F)ccc1[C@@H]1N=C(c2nccs2)NC(CN2CCO[C@H](C3CC3C(=O)O)C2)=C1C(=O)OCC. The highest BCUT2D eigenvalue weighted by Crippen LogP contribution is 2.43. The lowest BCUT2D eigenvalue weighted by Gasteiger charge is -2.35. The van der Waals surface area contributed by atoms with Crippen LogP contribution in [0.2, 0.25) is 0 Å². The summed E-state index contributed by atoms with van der Waals surface area (Å²) >= 11 is 1.39. The smallest absolute Gasteiger partial charge is 0.338 e. The maximum Gasteiger partial charge on any atom is 0.338 e. The molecule has 1 aromatic heterocycles. The summed E-state index contributed by atoms with van der Waals surface area (Å²) in [7, 11) is 0. The number of halogens is 1. The van der Waals surface area contributed by atoms with Gasteiger partial charge in [0.15, 0.2) is 10.8 Å². The number of terminal acetylenes is 1. The van der Waals surface area contributed by atoms with Gasteiger partial charge in [0.05, 0.1) is 30.8 Å². The molecule has 1 saturated carbocycles. The molecule has 2 fully saturated rings. The second-order valence-corrected chi connectivity index (χ2v) is 10.2. The molecule has 198 valence electrons. The van der Waals surface area contributed by atoms with E-state index in [0.717, 1.165) is 0 Å². The molecule has 4 atom stereocenters. The van der Waals surface area contributed by atoms with Gasteiger partial charge in [0.2, 0.25) is 0 Å². The number of rotatable bonds is 8. The Kier molecular flexibility index (Phi) is 7.56. The van der Waals surface area contributed by atoms with E-state index in [-0.39, 0.29) is 30.1 Å². The number of carbonyl (C=O) groups excluding carboxylic acids is 1. The highest BCUT2D eigenvalue weighted by Gasteiger charge is 2.49. The van der Waals surface area contributed by atoms with Crippen LogP contribution in [-0.2, 0) is 19.1 Å². The van der Waals surface area contributed by atoms with Crippen molar-refractivity contribution in [1.29, 1.82) is 0 Å². The van der Waals surface area contributed by atoms with Gasteiger partial charge in [-0.05, 0) is 31.0 Å². The van der Waals surface area contributed by atoms with Crippen LogP contribution in [0.4, 0.5) is 4.39 Å². The first-order valence-corrected chi connectivity index (χ1v) is 13.2. The monoisotopic (exact) mass is 538 g/mol. The maximum atomic E-state index is 14.0. The van der Waals surface area contributed by atoms with Gasteiger partial charge in [-0.25, -0.2) is 14.2 Å². The number of thiazole rings is 1. The summed E-state index contributed by atoms with van der Waals surface area (Å²) in [5.41, 5.74) is 1.66. The molecule has 0 spiro atoms. The number of carboxylic acids is 1. The summed E-state index contributed by atoms with van der Waals surface area (Å²) in [4.78, 5) is 36.1. The van der Waals surface area contributed by atoms with Crippen LogP contribution < -0.4 is 5.32 Å². The third kappa shape index (κ3) is 5.34. The lowest BCUT2D eigenvalue weighted by Crippen LogP contribution is -2.47. The molecule has 5 rings (SSSR count). The molecule has 2 aromatic rings. The zero-order chi connectivity index (χ0) is 26.8. The van der Waals surface area contributed by atoms with Crippen LogP contribution in [-0.4, -0.2) is 71.7 Å². The topological polar surface area (TPSA) is 113 Å². The van der Waals surface area contributed by atoms with Crippen molar-refractivity contribution in [2.45, 2.75) is 25.5 Å². The number of nitrogens with one attached hydrogen (secondary N) is 1. The van der Waals surface area contributed by atoms with Gasteiger partial charge in [-0.15, -0.1) is 17.8 Å². The first-order valence-electron chi connectivity index (χ1n) is 12.4. The van der Waals surface area contributed by atoms with Crippen LogP contribution in [0.25, 0.3) is 0 Å². The molecule has 3 aliphatic rings. The van der Waals surface area contributed by atoms with E-state index in [9.17, 15) is 19.1 Å². The van der Waals surface area contributed by atoms with Crippen molar-refractivity contribution < 1.29 is 28.6 Å². The Morgan fingerprint density at radius 1 is 1.42 bits per heavy atom. The van der Waals surface area contributed by atoms with Crippen molar-refractivity contribution >= 4 is 29.1 Å². The van der Waals surface area contributed by atoms with E-state index < -0.39 is 23.8 Å². The summed E-state index contributed by atoms with van der Waals surface area (Å²) in [6.07, 6.45) is 7.78. The van der Waals surface area contributed by atoms with E-state index in [1.54, 1.807) is 19.2 Å². The average molecular weight is 539 g/mol. The number of hydrogen-bond acceptors (Lipinski definition) is 9. The van der Waals surface area contributed by atoms with Gasteiger partial charge in [0, 0.05) is 48.4 Å². The van der Waals surface area contributed by atoms with Gasteiger partial charge in [-0.2, -0.15) is 0 Å². The lowest BCUT2D eigenvalue weighted by atomic mass is 9.92. The molecular weight excluding hydrogens is 511 g/mol. The standard InChI is InChI=1S/C27H27FN4O5S/c1-3-15-11-16(28)5-6-17(15)23-22(27(35)36-4-2)20(30-24(31-23)25-29-7-10-38-25)13-32-8-9-37-21(14-32)18-12-19(18)26(33)34/h1,5-7,10-11,18-19,21,23H,4,8-9,12-14H2,2H3,(H,30,31)(H,33,34)/t18?,19?,21-,23-/m0/s1. The normalized spacial score (nSPS) is 25.2. The molecule has 2 unspecified atom stereocenters. The van der Waals surface area contributed by atoms with Crippen LogP contribution in [0.15, 0.2) is 46.0 Å². The first kappa shape index (κ1) is 26.0. The molecule has 1 saturated heterocycles. The predicted octanol–water partition coefficient (Wildman–Crippen LogP) is 2.59. The molecule has 11 heteroatoms. The van der Waals surface area contributed by atoms with Crippen LogP contribution in [0.3, 0.4) is 0 Å². The molecule has 2 N–H and O–H groups in total. The van der Waals surface area contributed by atoms with Crippen LogP contribution >= 0.6 is 11.3 Å². The van der Waals surface area contributed by atoms with Crippen molar-refractivity contribution in [1.82, 2.24) is 15.2 Å². The van der Waals surface area contributed by atoms with Gasteiger partial charge >= 0.3 is 11.9 Å². The molecule has 0 radical (unpaired) electrons. The number of amidine groups is 1. The number of aliphatic carboxylic acids is 1. The Balaban J connectivity index is 1.52. The largest absolute Gasteiger partial charge is 0.481 e. The minimum absolute atomic E-state index is 0.0225. The number of hydrogen-bond donors (Lipinski definition) is 2. The third-order valence-corrected chi connectivity index (χ3v) is 7.70. The van der Waals surface area contributed by atoms with Crippen molar-refractivity contribution in [3.63, 3.8) is 0 Å². The fourth-order valence-corrected chi connectivity index (χ4v) is 5.59. The number of benzene rings is 1. The maximum absolute atomic E-state index is 14.0. The summed E-state index contributed by atoms with van der Waals surface area (Å²) in [5.74, 6) is 0.754. The molecule has 3 heterocycles. The second kappa shape index (κ2) is 11.0. The molecule has 0 bridgehead atoms. The molecule has 9 nitrogen and oxygen atoms in total. The van der Waals surface area contributed by atoms with Gasteiger partial charge in [-0.3, -0.25) is 14.7 Å². The van der Waals surface area contributed by atoms with Crippen LogP contribution in [0.5, 0.6) is 0 Å². The number of nitrogens with zero attached hydrogens (tertiary/aromatic N) is 3. The van der Waals surface area contributed by atoms with Crippen LogP contribution in [0, 0.1) is 30.0 Å². The zero-order valence-electron chi connectivity index (χ0n) is 20.7. The quantitative estimate of drug-likeness (QED) is 0.390. The molecule has 1 aliphatic carbocycles. The molecule has 38 heavy (non-hydrogen) atoms. The van der Waals surface area contributed by atoms with Crippen molar-refractivity contribution in [3.8, 4) is 12.3 Å². The number of carbonyl (C=O) groups is 2. The Morgan fingerprint density at radius 2 is 2.26 bits per heavy atom. The van der Waals surface area contributed by atoms with E-state index in [1.807, 2.05) is 5.38 Å². The van der Waals surface area contributed by atoms with E-state index >= 15 is 0 Å². The Labute approximate surface area is 223 Å². The molecule has 0 amide bonds. The summed E-state index contributed by atoms with van der Waals surface area (Å²) in [6.45, 7) is 3.80. The van der Waals surface area contributed by atoms with E-state index in [2.05, 4.69) is 21.1 Å². The third-order valence-electron chi connectivity index (χ3n) is 6.92. The fourth-order valence-electron chi connectivity index (χ4n) is 5.00. The van der Waals surface area contributed by atoms with Crippen molar-refractivity contribution in [3.05, 3.63) is 63.0 Å². The molecule has 1 aromatic carbocycles. The molecular formula is C27H27FN4O5S. The average Bonchev–Trinajstić information content (AvgIpc) is 3.54. The van der Waals surface area contributed by atoms with Gasteiger partial charge in [0.1, 0.15) is 11.9 Å². The number of carboxylic acid groups (broad SMARTS) is 1. The number of aliphatic imine (C=N–C) groups is 1. The number of ether oxygens (including phenoxy) is 2. The first-order chi connectivity index (χ1) is 18.4. The second-order valence-electron chi connectivity index (χ2n) is 9.32. The van der Waals surface area contributed by atoms with E-state index in [0.29, 0.717) is 60.3 Å². The summed E-state index contributed by atoms with van der Waals surface area (Å²) < 4.78 is 25.4. The van der Waals surface area contributed by atoms with E-state index in [4.69, 9.17) is 20.9 Å². The number of esters is 1. The fraction of sp³-hybridized carbons (Fsp3) is 0.407. The van der Waals surface area contributed by atoms with Crippen LogP contribution in [0.1, 0.15) is 35.5 Å². The minimum atomic E-state index is -0.840. The Hall–Kier alpha value is -3.59. The highest BCUT2D eigenvalue weighted by atomic mass is 32.1. The predicted molar refractivity (Wildman–Crippen MR) is 138 cm³/mol. The minimum Gasteiger partial charge on any atom is -0.481 e. The highest BCUT2D eigenvalue weighted by molar-refractivity contribution is 7.11. The lowest BCUT2D eigenvalue weighted by molar-refractivity contribution is -0.140. The van der Waals surface area contributed by atoms with Gasteiger partial charge < -0.3 is 19.9 Å².